The quantitative estimate of drug-likeness (QED) is 0.162. The Hall–Kier alpha value is -4.97. The molecule has 271 valence electrons. The number of benzene rings is 4. The first-order valence-corrected chi connectivity index (χ1v) is 17.6. The van der Waals surface area contributed by atoms with Crippen LogP contribution in [0.2, 0.25) is 0 Å². The van der Waals surface area contributed by atoms with Crippen molar-refractivity contribution in [3.05, 3.63) is 144 Å². The molecule has 0 unspecified atom stereocenters. The third-order valence-electron chi connectivity index (χ3n) is 9.32. The van der Waals surface area contributed by atoms with E-state index in [-0.39, 0.29) is 36.6 Å². The number of hydrogen-bond acceptors (Lipinski definition) is 4. The van der Waals surface area contributed by atoms with Gasteiger partial charge < -0.3 is 14.0 Å². The van der Waals surface area contributed by atoms with E-state index in [9.17, 15) is 4.39 Å². The number of pyridine rings is 2. The van der Waals surface area contributed by atoms with E-state index < -0.39 is 12.7 Å². The largest absolute Gasteiger partial charge is 0.501 e. The van der Waals surface area contributed by atoms with E-state index in [0.29, 0.717) is 17.5 Å². The zero-order valence-electron chi connectivity index (χ0n) is 33.9. The second kappa shape index (κ2) is 15.2. The Balaban J connectivity index is 0.000000209. The molecule has 4 aromatic carbocycles. The van der Waals surface area contributed by atoms with Gasteiger partial charge in [0.25, 0.3) is 0 Å². The maximum atomic E-state index is 14.1. The summed E-state index contributed by atoms with van der Waals surface area (Å²) in [5, 5.41) is 2.16. The predicted molar refractivity (Wildman–Crippen MR) is 210 cm³/mol. The second-order valence-corrected chi connectivity index (χ2v) is 14.7. The molecule has 0 saturated heterocycles. The average molecular weight is 882 g/mol. The van der Waals surface area contributed by atoms with Crippen molar-refractivity contribution in [2.24, 2.45) is 0 Å². The van der Waals surface area contributed by atoms with Crippen molar-refractivity contribution in [3.8, 4) is 28.3 Å². The zero-order chi connectivity index (χ0) is 39.2. The Kier molecular flexibility index (Phi) is 9.69. The number of halogens is 1. The molecule has 0 N–H and O–H groups in total. The van der Waals surface area contributed by atoms with Crippen molar-refractivity contribution < 1.29 is 33.0 Å². The fourth-order valence-corrected chi connectivity index (χ4v) is 6.57. The van der Waals surface area contributed by atoms with Crippen molar-refractivity contribution in [3.63, 3.8) is 0 Å². The van der Waals surface area contributed by atoms with Crippen molar-refractivity contribution in [1.29, 1.82) is 0 Å². The van der Waals surface area contributed by atoms with Crippen LogP contribution in [0, 0.1) is 24.8 Å². The van der Waals surface area contributed by atoms with Gasteiger partial charge in [-0.1, -0.05) is 120 Å². The summed E-state index contributed by atoms with van der Waals surface area (Å²) >= 11 is 0. The molecule has 4 aromatic heterocycles. The van der Waals surface area contributed by atoms with Crippen LogP contribution in [-0.2, 0) is 25.5 Å². The maximum Gasteiger partial charge on any atom is 0.155 e. The van der Waals surface area contributed by atoms with Gasteiger partial charge in [0.1, 0.15) is 5.58 Å². The van der Waals surface area contributed by atoms with Crippen LogP contribution in [0.1, 0.15) is 86.7 Å². The fourth-order valence-electron chi connectivity index (χ4n) is 6.57. The van der Waals surface area contributed by atoms with Crippen LogP contribution in [0.4, 0.5) is 4.39 Å². The molecule has 0 aliphatic rings. The van der Waals surface area contributed by atoms with Gasteiger partial charge in [0, 0.05) is 53.5 Å². The van der Waals surface area contributed by atoms with Crippen LogP contribution >= 0.6 is 0 Å². The van der Waals surface area contributed by atoms with Gasteiger partial charge in [-0.3, -0.25) is 9.37 Å². The second-order valence-electron chi connectivity index (χ2n) is 14.7. The van der Waals surface area contributed by atoms with E-state index in [1.54, 1.807) is 12.3 Å². The van der Waals surface area contributed by atoms with Crippen LogP contribution in [0.25, 0.3) is 61.4 Å². The topological polar surface area (TPSA) is 56.7 Å². The van der Waals surface area contributed by atoms with Gasteiger partial charge >= 0.3 is 0 Å². The molecule has 7 heteroatoms. The number of nitrogens with zero attached hydrogens (tertiary/aromatic N) is 4. The first kappa shape index (κ1) is 33.8. The number of aromatic nitrogens is 4. The average Bonchev–Trinajstić information content (AvgIpc) is 3.73. The monoisotopic (exact) mass is 882 g/mol. The van der Waals surface area contributed by atoms with Crippen LogP contribution in [-0.4, -0.2) is 19.5 Å². The Morgan fingerprint density at radius 1 is 0.830 bits per heavy atom. The SMILES string of the molecule is CC(C)c1cccc(C(C)C)c1-n1c(-c2[c-]ccc3c2oc2ccccc23)nc2cccnc21.[2H]C([2H])([2H])c1c[c-]c(-c2ccc(C(C)(C)C)cn2)c(F)c1.[Ir]. The Labute approximate surface area is 328 Å². The molecule has 0 amide bonds. The summed E-state index contributed by atoms with van der Waals surface area (Å²) < 4.78 is 44.5. The van der Waals surface area contributed by atoms with Crippen molar-refractivity contribution >= 4 is 33.1 Å². The first-order chi connectivity index (χ1) is 26.1. The Morgan fingerprint density at radius 2 is 1.58 bits per heavy atom. The number of imidazole rings is 1. The molecule has 0 aliphatic heterocycles. The third kappa shape index (κ3) is 7.33. The molecule has 5 nitrogen and oxygen atoms in total. The smallest absolute Gasteiger partial charge is 0.155 e. The van der Waals surface area contributed by atoms with Crippen molar-refractivity contribution in [1.82, 2.24) is 19.5 Å². The number of hydrogen-bond donors (Lipinski definition) is 0. The number of aryl methyl sites for hydroxylation is 1. The fraction of sp³-hybridized carbons (Fsp3) is 0.239. The summed E-state index contributed by atoms with van der Waals surface area (Å²) in [5.74, 6) is 0.857. The first-order valence-electron chi connectivity index (χ1n) is 19.1. The third-order valence-corrected chi connectivity index (χ3v) is 9.32. The summed E-state index contributed by atoms with van der Waals surface area (Å²) in [7, 11) is 0. The van der Waals surface area contributed by atoms with Gasteiger partial charge in [0.05, 0.1) is 16.9 Å². The van der Waals surface area contributed by atoms with E-state index in [0.717, 1.165) is 61.8 Å². The van der Waals surface area contributed by atoms with Gasteiger partial charge in [-0.15, -0.1) is 42.0 Å². The molecule has 0 saturated carbocycles. The molecule has 8 rings (SSSR count). The van der Waals surface area contributed by atoms with E-state index in [1.807, 2.05) is 48.7 Å². The molecule has 1 radical (unpaired) electrons. The van der Waals surface area contributed by atoms with Crippen molar-refractivity contribution in [2.45, 2.75) is 72.6 Å². The molecule has 0 atom stereocenters. The zero-order valence-corrected chi connectivity index (χ0v) is 33.3. The number of furan rings is 1. The molecular formula is C46H43FIrN4O-2. The minimum Gasteiger partial charge on any atom is -0.501 e. The standard InChI is InChI=1S/C30H26N3O.C16H17FN.Ir/c1-18(2)20-11-7-12-21(19(3)4)27(20)33-29(32-25-15-9-17-31-30(25)33)24-14-8-13-23-22-10-5-6-16-26(22)34-28(23)24;1-11-5-7-13(14(17)9-11)15-8-6-12(10-18-15)16(2,3)4;/h5-13,15-19H,1-4H3;5-6,8-10H,1-4H3;/q2*-1;/i;1D3;. The molecule has 8 aromatic rings. The summed E-state index contributed by atoms with van der Waals surface area (Å²) in [4.78, 5) is 14.1. The van der Waals surface area contributed by atoms with Gasteiger partial charge in [-0.25, -0.2) is 4.98 Å². The predicted octanol–water partition coefficient (Wildman–Crippen LogP) is 12.3. The number of fused-ring (bicyclic) bond motifs is 4. The Morgan fingerprint density at radius 3 is 2.25 bits per heavy atom. The summed E-state index contributed by atoms with van der Waals surface area (Å²) in [6.45, 7) is 12.8. The number of para-hydroxylation sites is 2. The molecule has 0 aliphatic carbocycles. The van der Waals surface area contributed by atoms with Gasteiger partial charge in [0.2, 0.25) is 0 Å². The Bertz CT molecular complexity index is 2630. The minimum atomic E-state index is -2.33. The van der Waals surface area contributed by atoms with E-state index in [1.165, 1.54) is 17.2 Å². The molecule has 53 heavy (non-hydrogen) atoms. The maximum absolute atomic E-state index is 14.1. The summed E-state index contributed by atoms with van der Waals surface area (Å²) in [6.07, 6.45) is 3.54. The normalized spacial score (nSPS) is 12.8. The molecule has 0 bridgehead atoms. The summed E-state index contributed by atoms with van der Waals surface area (Å²) in [5.41, 5.74) is 9.49. The summed E-state index contributed by atoms with van der Waals surface area (Å²) in [6, 6.07) is 34.8. The van der Waals surface area contributed by atoms with Crippen LogP contribution < -0.4 is 0 Å². The molecule has 4 heterocycles. The number of rotatable bonds is 5. The van der Waals surface area contributed by atoms with Gasteiger partial charge in [-0.2, -0.15) is 0 Å². The van der Waals surface area contributed by atoms with Gasteiger partial charge in [-0.05, 0) is 57.8 Å². The van der Waals surface area contributed by atoms with Crippen molar-refractivity contribution in [2.75, 3.05) is 0 Å². The molecule has 0 fully saturated rings. The van der Waals surface area contributed by atoms with Crippen LogP contribution in [0.15, 0.2) is 108 Å². The van der Waals surface area contributed by atoms with Crippen LogP contribution in [0.5, 0.6) is 0 Å². The van der Waals surface area contributed by atoms with E-state index >= 15 is 0 Å². The van der Waals surface area contributed by atoms with E-state index in [2.05, 4.69) is 100 Å². The molecular weight excluding hydrogens is 836 g/mol. The molecule has 0 spiro atoms. The van der Waals surface area contributed by atoms with Gasteiger partial charge in [0.15, 0.2) is 5.65 Å². The van der Waals surface area contributed by atoms with Crippen LogP contribution in [0.3, 0.4) is 0 Å². The van der Waals surface area contributed by atoms with E-state index in [4.69, 9.17) is 18.5 Å². The minimum absolute atomic E-state index is 0.